The molecule has 0 bridgehead atoms. The van der Waals surface area contributed by atoms with E-state index in [1.54, 1.807) is 31.4 Å². The summed E-state index contributed by atoms with van der Waals surface area (Å²) < 4.78 is 5.27. The van der Waals surface area contributed by atoms with Gasteiger partial charge in [0.25, 0.3) is 5.91 Å². The highest BCUT2D eigenvalue weighted by atomic mass is 16.5. The normalized spacial score (nSPS) is 17.2. The molecular weight excluding hydrogens is 318 g/mol. The van der Waals surface area contributed by atoms with Gasteiger partial charge in [0.1, 0.15) is 11.8 Å². The fraction of sp³-hybridized carbons (Fsp3) is 0.158. The molecular formula is C19H17N3O3. The Balaban J connectivity index is 1.62. The van der Waals surface area contributed by atoms with Crippen molar-refractivity contribution in [3.05, 3.63) is 60.3 Å². The van der Waals surface area contributed by atoms with Crippen molar-refractivity contribution in [3.8, 4) is 5.75 Å². The predicted octanol–water partition coefficient (Wildman–Crippen LogP) is 2.84. The lowest BCUT2D eigenvalue weighted by molar-refractivity contribution is -0.118. The Labute approximate surface area is 144 Å². The van der Waals surface area contributed by atoms with Crippen LogP contribution in [-0.2, 0) is 11.2 Å². The van der Waals surface area contributed by atoms with Crippen LogP contribution in [0.3, 0.4) is 0 Å². The SMILES string of the molecule is COc1ccc2[nH]cc(CC3NC(=O)N(c4ccccc4)C3=O)c2c1. The Kier molecular flexibility index (Phi) is 3.65. The van der Waals surface area contributed by atoms with Gasteiger partial charge >= 0.3 is 6.03 Å². The van der Waals surface area contributed by atoms with Gasteiger partial charge in [-0.3, -0.25) is 4.79 Å². The molecule has 6 heteroatoms. The van der Waals surface area contributed by atoms with Crippen molar-refractivity contribution in [2.24, 2.45) is 0 Å². The van der Waals surface area contributed by atoms with Crippen LogP contribution in [0.15, 0.2) is 54.7 Å². The summed E-state index contributed by atoms with van der Waals surface area (Å²) in [5, 5.41) is 3.76. The van der Waals surface area contributed by atoms with E-state index in [0.717, 1.165) is 22.2 Å². The molecule has 0 aliphatic carbocycles. The average molecular weight is 335 g/mol. The van der Waals surface area contributed by atoms with Crippen LogP contribution in [-0.4, -0.2) is 30.1 Å². The molecule has 2 aromatic carbocycles. The lowest BCUT2D eigenvalue weighted by atomic mass is 10.0. The topological polar surface area (TPSA) is 74.4 Å². The summed E-state index contributed by atoms with van der Waals surface area (Å²) in [6.07, 6.45) is 2.29. The zero-order valence-electron chi connectivity index (χ0n) is 13.7. The van der Waals surface area contributed by atoms with Crippen molar-refractivity contribution < 1.29 is 14.3 Å². The molecule has 1 atom stereocenters. The van der Waals surface area contributed by atoms with E-state index in [2.05, 4.69) is 10.3 Å². The van der Waals surface area contributed by atoms with E-state index in [1.807, 2.05) is 30.5 Å². The number of ether oxygens (including phenoxy) is 1. The summed E-state index contributed by atoms with van der Waals surface area (Å²) in [5.74, 6) is 0.509. The first-order valence-corrected chi connectivity index (χ1v) is 8.01. The average Bonchev–Trinajstić information content (AvgIpc) is 3.16. The van der Waals surface area contributed by atoms with Crippen molar-refractivity contribution in [1.82, 2.24) is 10.3 Å². The highest BCUT2D eigenvalue weighted by molar-refractivity contribution is 6.21. The van der Waals surface area contributed by atoms with E-state index in [-0.39, 0.29) is 5.91 Å². The van der Waals surface area contributed by atoms with Crippen LogP contribution >= 0.6 is 0 Å². The number of imide groups is 1. The highest BCUT2D eigenvalue weighted by Gasteiger charge is 2.39. The number of nitrogens with one attached hydrogen (secondary N) is 2. The van der Waals surface area contributed by atoms with Crippen LogP contribution < -0.4 is 15.0 Å². The van der Waals surface area contributed by atoms with Crippen LogP contribution in [0.25, 0.3) is 10.9 Å². The molecule has 1 aliphatic heterocycles. The molecule has 0 saturated carbocycles. The van der Waals surface area contributed by atoms with E-state index in [4.69, 9.17) is 4.74 Å². The Bertz CT molecular complexity index is 949. The first-order chi connectivity index (χ1) is 12.2. The minimum atomic E-state index is -0.585. The smallest absolute Gasteiger partial charge is 0.329 e. The molecule has 1 saturated heterocycles. The van der Waals surface area contributed by atoms with Crippen molar-refractivity contribution in [3.63, 3.8) is 0 Å². The van der Waals surface area contributed by atoms with Gasteiger partial charge in [-0.25, -0.2) is 9.69 Å². The molecule has 6 nitrogen and oxygen atoms in total. The van der Waals surface area contributed by atoms with Crippen LogP contribution in [0.1, 0.15) is 5.56 Å². The number of rotatable bonds is 4. The number of hydrogen-bond donors (Lipinski definition) is 2. The fourth-order valence-corrected chi connectivity index (χ4v) is 3.16. The zero-order chi connectivity index (χ0) is 17.4. The largest absolute Gasteiger partial charge is 0.497 e. The van der Waals surface area contributed by atoms with E-state index in [1.165, 1.54) is 4.90 Å². The van der Waals surface area contributed by atoms with Gasteiger partial charge in [0, 0.05) is 23.5 Å². The third-order valence-corrected chi connectivity index (χ3v) is 4.43. The van der Waals surface area contributed by atoms with Gasteiger partial charge in [0.05, 0.1) is 12.8 Å². The zero-order valence-corrected chi connectivity index (χ0v) is 13.7. The summed E-state index contributed by atoms with van der Waals surface area (Å²) in [7, 11) is 1.62. The third kappa shape index (κ3) is 2.61. The number of amides is 3. The molecule has 1 fully saturated rings. The van der Waals surface area contributed by atoms with Crippen molar-refractivity contribution in [2.45, 2.75) is 12.5 Å². The van der Waals surface area contributed by atoms with Crippen molar-refractivity contribution in [1.29, 1.82) is 0 Å². The minimum Gasteiger partial charge on any atom is -0.497 e. The number of nitrogens with zero attached hydrogens (tertiary/aromatic N) is 1. The molecule has 2 N–H and O–H groups in total. The number of aromatic nitrogens is 1. The van der Waals surface area contributed by atoms with Crippen LogP contribution in [0, 0.1) is 0 Å². The molecule has 3 amide bonds. The lowest BCUT2D eigenvalue weighted by Gasteiger charge is -2.12. The van der Waals surface area contributed by atoms with E-state index >= 15 is 0 Å². The number of hydrogen-bond acceptors (Lipinski definition) is 3. The Hall–Kier alpha value is -3.28. The molecule has 1 aromatic heterocycles. The van der Waals surface area contributed by atoms with E-state index < -0.39 is 12.1 Å². The number of H-pyrrole nitrogens is 1. The second-order valence-electron chi connectivity index (χ2n) is 5.94. The van der Waals surface area contributed by atoms with Crippen LogP contribution in [0.4, 0.5) is 10.5 Å². The third-order valence-electron chi connectivity index (χ3n) is 4.43. The first kappa shape index (κ1) is 15.3. The summed E-state index contributed by atoms with van der Waals surface area (Å²) in [4.78, 5) is 29.3. The van der Waals surface area contributed by atoms with Crippen molar-refractivity contribution >= 4 is 28.5 Å². The summed E-state index contributed by atoms with van der Waals surface area (Å²) in [5.41, 5.74) is 2.50. The molecule has 1 unspecified atom stereocenters. The van der Waals surface area contributed by atoms with Gasteiger partial charge in [-0.1, -0.05) is 18.2 Å². The maximum absolute atomic E-state index is 12.7. The van der Waals surface area contributed by atoms with Gasteiger partial charge in [-0.2, -0.15) is 0 Å². The highest BCUT2D eigenvalue weighted by Crippen LogP contribution is 2.26. The van der Waals surface area contributed by atoms with Gasteiger partial charge in [-0.15, -0.1) is 0 Å². The molecule has 25 heavy (non-hydrogen) atoms. The number of anilines is 1. The fourth-order valence-electron chi connectivity index (χ4n) is 3.16. The Morgan fingerprint density at radius 3 is 2.68 bits per heavy atom. The number of fused-ring (bicyclic) bond motifs is 1. The first-order valence-electron chi connectivity index (χ1n) is 8.01. The van der Waals surface area contributed by atoms with Gasteiger partial charge in [0.15, 0.2) is 0 Å². The Morgan fingerprint density at radius 2 is 1.92 bits per heavy atom. The second kappa shape index (κ2) is 5.98. The number of carbonyl (C=O) groups is 2. The standard InChI is InChI=1S/C19H17N3O3/c1-25-14-7-8-16-15(10-14)12(11-20-16)9-17-18(23)22(19(24)21-17)13-5-3-2-4-6-13/h2-8,10-11,17,20H,9H2,1H3,(H,21,24). The summed E-state index contributed by atoms with van der Waals surface area (Å²) >= 11 is 0. The van der Waals surface area contributed by atoms with E-state index in [0.29, 0.717) is 12.1 Å². The molecule has 4 rings (SSSR count). The molecule has 0 radical (unpaired) electrons. The van der Waals surface area contributed by atoms with Crippen molar-refractivity contribution in [2.75, 3.05) is 12.0 Å². The molecule has 1 aliphatic rings. The number of para-hydroxylation sites is 1. The minimum absolute atomic E-state index is 0.242. The number of urea groups is 1. The van der Waals surface area contributed by atoms with E-state index in [9.17, 15) is 9.59 Å². The number of carbonyl (C=O) groups excluding carboxylic acids is 2. The second-order valence-corrected chi connectivity index (χ2v) is 5.94. The quantitative estimate of drug-likeness (QED) is 0.720. The predicted molar refractivity (Wildman–Crippen MR) is 94.8 cm³/mol. The summed E-state index contributed by atoms with van der Waals surface area (Å²) in [6.45, 7) is 0. The van der Waals surface area contributed by atoms with Crippen LogP contribution in [0.2, 0.25) is 0 Å². The lowest BCUT2D eigenvalue weighted by Crippen LogP contribution is -2.32. The maximum atomic E-state index is 12.7. The van der Waals surface area contributed by atoms with Gasteiger partial charge in [0.2, 0.25) is 0 Å². The van der Waals surface area contributed by atoms with Gasteiger partial charge in [-0.05, 0) is 35.9 Å². The monoisotopic (exact) mass is 335 g/mol. The maximum Gasteiger partial charge on any atom is 0.329 e. The summed E-state index contributed by atoms with van der Waals surface area (Å²) in [6, 6.07) is 13.7. The molecule has 3 aromatic rings. The molecule has 126 valence electrons. The number of aromatic amines is 1. The van der Waals surface area contributed by atoms with Gasteiger partial charge < -0.3 is 15.0 Å². The molecule has 0 spiro atoms. The Morgan fingerprint density at radius 1 is 1.12 bits per heavy atom. The number of benzene rings is 2. The van der Waals surface area contributed by atoms with Crippen LogP contribution in [0.5, 0.6) is 5.75 Å². The molecule has 2 heterocycles. The number of methoxy groups -OCH3 is 1.